The lowest BCUT2D eigenvalue weighted by atomic mass is 9.95. The van der Waals surface area contributed by atoms with Crippen molar-refractivity contribution in [1.29, 1.82) is 0 Å². The quantitative estimate of drug-likeness (QED) is 0.753. The van der Waals surface area contributed by atoms with Gasteiger partial charge in [0.2, 0.25) is 0 Å². The molecule has 3 aromatic rings. The van der Waals surface area contributed by atoms with Gasteiger partial charge in [0.05, 0.1) is 11.3 Å². The molecule has 0 saturated carbocycles. The summed E-state index contributed by atoms with van der Waals surface area (Å²) < 4.78 is 0. The van der Waals surface area contributed by atoms with Gasteiger partial charge in [0.25, 0.3) is 0 Å². The van der Waals surface area contributed by atoms with Gasteiger partial charge in [-0.1, -0.05) is 23.7 Å². The number of nitrogens with zero attached hydrogens (tertiary/aromatic N) is 2. The van der Waals surface area contributed by atoms with Crippen LogP contribution in [0.25, 0.3) is 21.8 Å². The second kappa shape index (κ2) is 5.80. The first kappa shape index (κ1) is 15.2. The number of thiazole rings is 1. The Labute approximate surface area is 138 Å². The van der Waals surface area contributed by atoms with Crippen LogP contribution < -0.4 is 0 Å². The molecule has 0 aliphatic heterocycles. The molecule has 1 N–H and O–H groups in total. The summed E-state index contributed by atoms with van der Waals surface area (Å²) in [6.45, 7) is 3.53. The van der Waals surface area contributed by atoms with Gasteiger partial charge in [0, 0.05) is 33.9 Å². The van der Waals surface area contributed by atoms with E-state index in [1.165, 1.54) is 11.3 Å². The van der Waals surface area contributed by atoms with Crippen molar-refractivity contribution < 1.29 is 5.11 Å². The van der Waals surface area contributed by atoms with Crippen LogP contribution in [0.1, 0.15) is 19.4 Å². The van der Waals surface area contributed by atoms with Gasteiger partial charge in [0.1, 0.15) is 5.01 Å². The number of benzene rings is 1. The zero-order valence-corrected chi connectivity index (χ0v) is 13.8. The van der Waals surface area contributed by atoms with Crippen LogP contribution in [-0.2, 0) is 5.60 Å². The van der Waals surface area contributed by atoms with E-state index in [0.717, 1.165) is 27.4 Å². The molecule has 0 atom stereocenters. The Balaban J connectivity index is 2.03. The van der Waals surface area contributed by atoms with Crippen molar-refractivity contribution in [2.24, 2.45) is 0 Å². The van der Waals surface area contributed by atoms with Crippen LogP contribution in [-0.4, -0.2) is 15.1 Å². The summed E-state index contributed by atoms with van der Waals surface area (Å²) in [5, 5.41) is 13.9. The van der Waals surface area contributed by atoms with E-state index < -0.39 is 5.60 Å². The van der Waals surface area contributed by atoms with Gasteiger partial charge >= 0.3 is 0 Å². The Morgan fingerprint density at radius 1 is 1.14 bits per heavy atom. The minimum atomic E-state index is -0.940. The van der Waals surface area contributed by atoms with Gasteiger partial charge in [0.15, 0.2) is 0 Å². The van der Waals surface area contributed by atoms with Gasteiger partial charge in [-0.3, -0.25) is 4.98 Å². The van der Waals surface area contributed by atoms with Gasteiger partial charge in [-0.05, 0) is 37.6 Å². The van der Waals surface area contributed by atoms with E-state index in [4.69, 9.17) is 11.6 Å². The van der Waals surface area contributed by atoms with Crippen LogP contribution in [0.4, 0.5) is 0 Å². The zero-order chi connectivity index (χ0) is 15.7. The lowest BCUT2D eigenvalue weighted by Gasteiger charge is -2.20. The summed E-state index contributed by atoms with van der Waals surface area (Å²) in [4.78, 5) is 8.85. The van der Waals surface area contributed by atoms with Crippen LogP contribution in [0.5, 0.6) is 0 Å². The number of halogens is 1. The first-order valence-electron chi connectivity index (χ1n) is 6.84. The Morgan fingerprint density at radius 3 is 2.55 bits per heavy atom. The van der Waals surface area contributed by atoms with E-state index in [0.29, 0.717) is 5.02 Å². The van der Waals surface area contributed by atoms with Crippen molar-refractivity contribution in [2.45, 2.75) is 19.4 Å². The third-order valence-corrected chi connectivity index (χ3v) is 4.48. The van der Waals surface area contributed by atoms with Crippen molar-refractivity contribution in [2.75, 3.05) is 0 Å². The maximum atomic E-state index is 10.3. The molecule has 2 heterocycles. The topological polar surface area (TPSA) is 46.0 Å². The summed E-state index contributed by atoms with van der Waals surface area (Å²) in [5.41, 5.74) is 2.65. The second-order valence-electron chi connectivity index (χ2n) is 5.53. The van der Waals surface area contributed by atoms with E-state index in [-0.39, 0.29) is 0 Å². The van der Waals surface area contributed by atoms with E-state index in [1.54, 1.807) is 26.2 Å². The first-order chi connectivity index (χ1) is 10.4. The molecule has 112 valence electrons. The number of pyridine rings is 1. The lowest BCUT2D eigenvalue weighted by molar-refractivity contribution is 0.0791. The highest BCUT2D eigenvalue weighted by Gasteiger charge is 2.22. The van der Waals surface area contributed by atoms with E-state index in [9.17, 15) is 5.11 Å². The Bertz CT molecular complexity index is 791. The fourth-order valence-corrected chi connectivity index (χ4v) is 3.23. The molecule has 0 aliphatic rings. The Kier molecular flexibility index (Phi) is 4.00. The Hall–Kier alpha value is -1.75. The van der Waals surface area contributed by atoms with Gasteiger partial charge < -0.3 is 5.11 Å². The molecule has 22 heavy (non-hydrogen) atoms. The Morgan fingerprint density at radius 2 is 1.86 bits per heavy atom. The summed E-state index contributed by atoms with van der Waals surface area (Å²) >= 11 is 7.45. The standard InChI is InChI=1S/C17H15ClN2OS/c1-17(2,21)14-7-8-19-9-13(14)16-20-15(10-22-16)11-3-5-12(18)6-4-11/h3-10,21H,1-2H3. The molecule has 0 bridgehead atoms. The molecule has 0 saturated heterocycles. The number of hydrogen-bond acceptors (Lipinski definition) is 4. The average molecular weight is 331 g/mol. The first-order valence-corrected chi connectivity index (χ1v) is 8.09. The van der Waals surface area contributed by atoms with E-state index in [2.05, 4.69) is 9.97 Å². The number of aromatic nitrogens is 2. The fraction of sp³-hybridized carbons (Fsp3) is 0.176. The highest BCUT2D eigenvalue weighted by atomic mass is 35.5. The maximum absolute atomic E-state index is 10.3. The third kappa shape index (κ3) is 3.04. The van der Waals surface area contributed by atoms with E-state index in [1.807, 2.05) is 35.7 Å². The number of aliphatic hydroxyl groups is 1. The SMILES string of the molecule is CC(C)(O)c1ccncc1-c1nc(-c2ccc(Cl)cc2)cs1. The smallest absolute Gasteiger partial charge is 0.125 e. The second-order valence-corrected chi connectivity index (χ2v) is 6.82. The van der Waals surface area contributed by atoms with Crippen LogP contribution in [0.3, 0.4) is 0 Å². The minimum absolute atomic E-state index is 0.704. The predicted octanol–water partition coefficient (Wildman–Crippen LogP) is 4.75. The zero-order valence-electron chi connectivity index (χ0n) is 12.2. The van der Waals surface area contributed by atoms with Gasteiger partial charge in [-0.2, -0.15) is 0 Å². The highest BCUT2D eigenvalue weighted by molar-refractivity contribution is 7.13. The lowest BCUT2D eigenvalue weighted by Crippen LogP contribution is -2.16. The largest absolute Gasteiger partial charge is 0.386 e. The predicted molar refractivity (Wildman–Crippen MR) is 91.0 cm³/mol. The van der Waals surface area contributed by atoms with Gasteiger partial charge in [-0.15, -0.1) is 11.3 Å². The highest BCUT2D eigenvalue weighted by Crippen LogP contribution is 2.34. The molecule has 0 spiro atoms. The van der Waals surface area contributed by atoms with Crippen LogP contribution in [0, 0.1) is 0 Å². The van der Waals surface area contributed by atoms with Crippen molar-refractivity contribution in [1.82, 2.24) is 9.97 Å². The molecule has 3 nitrogen and oxygen atoms in total. The monoisotopic (exact) mass is 330 g/mol. The molecule has 3 rings (SSSR count). The van der Waals surface area contributed by atoms with E-state index >= 15 is 0 Å². The molecule has 2 aromatic heterocycles. The summed E-state index contributed by atoms with van der Waals surface area (Å²) in [5.74, 6) is 0. The molecule has 0 fully saturated rings. The summed E-state index contributed by atoms with van der Waals surface area (Å²) in [6, 6.07) is 9.42. The molecule has 0 aliphatic carbocycles. The summed E-state index contributed by atoms with van der Waals surface area (Å²) in [6.07, 6.45) is 3.43. The molecule has 0 amide bonds. The van der Waals surface area contributed by atoms with Crippen LogP contribution >= 0.6 is 22.9 Å². The van der Waals surface area contributed by atoms with Crippen molar-refractivity contribution in [3.05, 3.63) is 58.7 Å². The number of rotatable bonds is 3. The minimum Gasteiger partial charge on any atom is -0.386 e. The molecule has 5 heteroatoms. The third-order valence-electron chi connectivity index (χ3n) is 3.35. The van der Waals surface area contributed by atoms with Crippen molar-refractivity contribution >= 4 is 22.9 Å². The molecule has 0 radical (unpaired) electrons. The molecule has 0 unspecified atom stereocenters. The molecular weight excluding hydrogens is 316 g/mol. The van der Waals surface area contributed by atoms with Gasteiger partial charge in [-0.25, -0.2) is 4.98 Å². The maximum Gasteiger partial charge on any atom is 0.125 e. The van der Waals surface area contributed by atoms with Crippen molar-refractivity contribution in [3.8, 4) is 21.8 Å². The van der Waals surface area contributed by atoms with Crippen LogP contribution in [0.2, 0.25) is 5.02 Å². The van der Waals surface area contributed by atoms with Crippen molar-refractivity contribution in [3.63, 3.8) is 0 Å². The molecule has 1 aromatic carbocycles. The number of hydrogen-bond donors (Lipinski definition) is 1. The van der Waals surface area contributed by atoms with Crippen LogP contribution in [0.15, 0.2) is 48.1 Å². The molecular formula is C17H15ClN2OS. The fourth-order valence-electron chi connectivity index (χ4n) is 2.25. The summed E-state index contributed by atoms with van der Waals surface area (Å²) in [7, 11) is 0. The average Bonchev–Trinajstić information content (AvgIpc) is 2.97. The normalized spacial score (nSPS) is 11.6.